The van der Waals surface area contributed by atoms with E-state index in [2.05, 4.69) is 31.9 Å². The number of hydrogen-bond donors (Lipinski definition) is 0. The zero-order valence-electron chi connectivity index (χ0n) is 6.03. The van der Waals surface area contributed by atoms with E-state index >= 15 is 0 Å². The Kier molecular flexibility index (Phi) is 3.65. The van der Waals surface area contributed by atoms with E-state index in [1.807, 2.05) is 0 Å². The summed E-state index contributed by atoms with van der Waals surface area (Å²) in [6.45, 7) is 0. The van der Waals surface area contributed by atoms with Gasteiger partial charge in [0.05, 0.1) is 0 Å². The second-order valence-electron chi connectivity index (χ2n) is 2.29. The van der Waals surface area contributed by atoms with Gasteiger partial charge in [-0.2, -0.15) is 0 Å². The summed E-state index contributed by atoms with van der Waals surface area (Å²) in [4.78, 5) is 0. The van der Waals surface area contributed by atoms with Gasteiger partial charge in [-0.3, -0.25) is 0 Å². The second-order valence-corrected chi connectivity index (χ2v) is 3.70. The van der Waals surface area contributed by atoms with Crippen LogP contribution in [-0.4, -0.2) is 0 Å². The van der Waals surface area contributed by atoms with Crippen molar-refractivity contribution >= 4 is 31.9 Å². The summed E-state index contributed by atoms with van der Waals surface area (Å²) >= 11 is 6.48. The molecule has 0 saturated carbocycles. The van der Waals surface area contributed by atoms with Crippen molar-refractivity contribution in [2.75, 3.05) is 0 Å². The van der Waals surface area contributed by atoms with Crippen molar-refractivity contribution in [1.29, 1.82) is 0 Å². The van der Waals surface area contributed by atoms with Crippen molar-refractivity contribution in [3.63, 3.8) is 0 Å². The van der Waals surface area contributed by atoms with Gasteiger partial charge in [-0.05, 0) is 17.7 Å². The maximum Gasteiger partial charge on any atom is 0.263 e. The van der Waals surface area contributed by atoms with E-state index in [0.29, 0.717) is 5.33 Å². The molecule has 0 heterocycles. The van der Waals surface area contributed by atoms with Gasteiger partial charge in [0.15, 0.2) is 0 Å². The Morgan fingerprint density at radius 3 is 2.50 bits per heavy atom. The van der Waals surface area contributed by atoms with Crippen molar-refractivity contribution in [3.8, 4) is 0 Å². The van der Waals surface area contributed by atoms with Crippen LogP contribution >= 0.6 is 31.9 Å². The molecule has 4 heteroatoms. The van der Waals surface area contributed by atoms with Crippen LogP contribution in [-0.2, 0) is 5.33 Å². The van der Waals surface area contributed by atoms with Gasteiger partial charge in [-0.25, -0.2) is 8.78 Å². The van der Waals surface area contributed by atoms with Crippen LogP contribution in [0.25, 0.3) is 0 Å². The van der Waals surface area contributed by atoms with E-state index in [1.54, 1.807) is 6.07 Å². The summed E-state index contributed by atoms with van der Waals surface area (Å²) in [6, 6.07) is 4.54. The minimum atomic E-state index is -2.39. The van der Waals surface area contributed by atoms with E-state index in [0.717, 1.165) is 10.0 Å². The molecular weight excluding hydrogens is 294 g/mol. The largest absolute Gasteiger partial charge is 0.263 e. The molecule has 1 aromatic rings. The summed E-state index contributed by atoms with van der Waals surface area (Å²) in [7, 11) is 0. The van der Waals surface area contributed by atoms with E-state index < -0.39 is 6.43 Å². The molecule has 0 bridgehead atoms. The lowest BCUT2D eigenvalue weighted by Crippen LogP contribution is -1.87. The Morgan fingerprint density at radius 1 is 1.33 bits per heavy atom. The molecule has 0 aliphatic rings. The average Bonchev–Trinajstić information content (AvgIpc) is 2.05. The van der Waals surface area contributed by atoms with Crippen LogP contribution in [0, 0.1) is 0 Å². The van der Waals surface area contributed by atoms with Crippen molar-refractivity contribution in [2.45, 2.75) is 11.8 Å². The van der Waals surface area contributed by atoms with E-state index in [1.165, 1.54) is 12.1 Å². The molecular formula is C8H6Br2F2. The van der Waals surface area contributed by atoms with Gasteiger partial charge in [0.1, 0.15) is 0 Å². The van der Waals surface area contributed by atoms with Crippen molar-refractivity contribution in [1.82, 2.24) is 0 Å². The monoisotopic (exact) mass is 298 g/mol. The van der Waals surface area contributed by atoms with Crippen LogP contribution in [0.5, 0.6) is 0 Å². The molecule has 0 aliphatic carbocycles. The van der Waals surface area contributed by atoms with Gasteiger partial charge in [-0.1, -0.05) is 37.9 Å². The molecule has 66 valence electrons. The first-order chi connectivity index (χ1) is 5.65. The summed E-state index contributed by atoms with van der Waals surface area (Å²) in [5, 5.41) is 0.578. The molecule has 0 radical (unpaired) electrons. The van der Waals surface area contributed by atoms with Gasteiger partial charge in [-0.15, -0.1) is 0 Å². The van der Waals surface area contributed by atoms with E-state index in [4.69, 9.17) is 0 Å². The second kappa shape index (κ2) is 4.33. The van der Waals surface area contributed by atoms with Gasteiger partial charge in [0, 0.05) is 15.4 Å². The predicted molar refractivity (Wildman–Crippen MR) is 51.7 cm³/mol. The lowest BCUT2D eigenvalue weighted by Gasteiger charge is -2.03. The average molecular weight is 300 g/mol. The number of benzene rings is 1. The van der Waals surface area contributed by atoms with Gasteiger partial charge in [0.2, 0.25) is 0 Å². The highest BCUT2D eigenvalue weighted by atomic mass is 79.9. The molecule has 0 aliphatic heterocycles. The predicted octanol–water partition coefficient (Wildman–Crippen LogP) is 4.28. The molecule has 0 fully saturated rings. The zero-order valence-corrected chi connectivity index (χ0v) is 9.20. The molecule has 0 atom stereocenters. The fourth-order valence-corrected chi connectivity index (χ4v) is 2.06. The summed E-state index contributed by atoms with van der Waals surface area (Å²) < 4.78 is 25.2. The zero-order chi connectivity index (χ0) is 9.14. The standard InChI is InChI=1S/C8H6Br2F2/c9-4-6-3-5(8(11)12)1-2-7(6)10/h1-3,8H,4H2. The Bertz CT molecular complexity index is 274. The minimum absolute atomic E-state index is 0.0626. The van der Waals surface area contributed by atoms with Gasteiger partial charge in [0.25, 0.3) is 6.43 Å². The first-order valence-electron chi connectivity index (χ1n) is 3.27. The number of rotatable bonds is 2. The fourth-order valence-electron chi connectivity index (χ4n) is 0.833. The quantitative estimate of drug-likeness (QED) is 0.715. The molecule has 0 amide bonds. The molecule has 1 rings (SSSR count). The first-order valence-corrected chi connectivity index (χ1v) is 5.19. The molecule has 1 aromatic carbocycles. The maximum absolute atomic E-state index is 12.2. The molecule has 12 heavy (non-hydrogen) atoms. The van der Waals surface area contributed by atoms with Crippen molar-refractivity contribution in [2.24, 2.45) is 0 Å². The van der Waals surface area contributed by atoms with Gasteiger partial charge >= 0.3 is 0 Å². The van der Waals surface area contributed by atoms with E-state index in [9.17, 15) is 8.78 Å². The Hall–Kier alpha value is 0.0400. The summed E-state index contributed by atoms with van der Waals surface area (Å²) in [6.07, 6.45) is -2.39. The number of halogens is 4. The highest BCUT2D eigenvalue weighted by molar-refractivity contribution is 9.10. The summed E-state index contributed by atoms with van der Waals surface area (Å²) in [5.74, 6) is 0. The topological polar surface area (TPSA) is 0 Å². The highest BCUT2D eigenvalue weighted by Gasteiger charge is 2.08. The van der Waals surface area contributed by atoms with Crippen molar-refractivity contribution < 1.29 is 8.78 Å². The number of hydrogen-bond acceptors (Lipinski definition) is 0. The summed E-state index contributed by atoms with van der Waals surface area (Å²) in [5.41, 5.74) is 0.903. The fraction of sp³-hybridized carbons (Fsp3) is 0.250. The Morgan fingerprint density at radius 2 is 2.00 bits per heavy atom. The minimum Gasteiger partial charge on any atom is -0.205 e. The van der Waals surface area contributed by atoms with Crippen LogP contribution in [0.15, 0.2) is 22.7 Å². The Balaban J connectivity index is 3.05. The molecule has 0 spiro atoms. The molecule has 0 nitrogen and oxygen atoms in total. The lowest BCUT2D eigenvalue weighted by molar-refractivity contribution is 0.151. The third-order valence-corrected chi connectivity index (χ3v) is 2.84. The lowest BCUT2D eigenvalue weighted by atomic mass is 10.1. The molecule has 0 N–H and O–H groups in total. The Labute approximate surface area is 86.2 Å². The normalized spacial score (nSPS) is 10.8. The first kappa shape index (κ1) is 10.1. The van der Waals surface area contributed by atoms with Crippen molar-refractivity contribution in [3.05, 3.63) is 33.8 Å². The molecule has 0 unspecified atom stereocenters. The number of alkyl halides is 3. The highest BCUT2D eigenvalue weighted by Crippen LogP contribution is 2.25. The third kappa shape index (κ3) is 2.26. The van der Waals surface area contributed by atoms with E-state index in [-0.39, 0.29) is 5.56 Å². The molecule has 0 aromatic heterocycles. The van der Waals surface area contributed by atoms with Crippen LogP contribution in [0.3, 0.4) is 0 Å². The van der Waals surface area contributed by atoms with Crippen LogP contribution in [0.4, 0.5) is 8.78 Å². The smallest absolute Gasteiger partial charge is 0.205 e. The maximum atomic E-state index is 12.2. The van der Waals surface area contributed by atoms with Crippen LogP contribution in [0.1, 0.15) is 17.6 Å². The molecule has 0 saturated heterocycles. The van der Waals surface area contributed by atoms with Gasteiger partial charge < -0.3 is 0 Å². The van der Waals surface area contributed by atoms with Crippen LogP contribution < -0.4 is 0 Å². The third-order valence-electron chi connectivity index (χ3n) is 1.47. The SMILES string of the molecule is FC(F)c1ccc(Br)c(CBr)c1. The van der Waals surface area contributed by atoms with Crippen LogP contribution in [0.2, 0.25) is 0 Å².